The number of nitrogens with zero attached hydrogens (tertiary/aromatic N) is 4. The fourth-order valence-corrected chi connectivity index (χ4v) is 5.11. The van der Waals surface area contributed by atoms with Gasteiger partial charge in [0.25, 0.3) is 0 Å². The van der Waals surface area contributed by atoms with E-state index in [9.17, 15) is 0 Å². The largest absolute Gasteiger partial charge is 0.330 e. The predicted octanol–water partition coefficient (Wildman–Crippen LogP) is 4.16. The summed E-state index contributed by atoms with van der Waals surface area (Å²) in [5.74, 6) is 1.18. The average molecular weight is 375 g/mol. The highest BCUT2D eigenvalue weighted by Crippen LogP contribution is 2.34. The Kier molecular flexibility index (Phi) is 4.91. The van der Waals surface area contributed by atoms with Gasteiger partial charge < -0.3 is 4.57 Å². The number of imidazole rings is 1. The standard InChI is InChI=1S/C24H30N4/c1-26-23-12-5-4-11-21(23)25-24(26)18-27-14-7-15-28(17-16-27)22-13-6-9-19-8-2-3-10-20(19)22/h2-5,8,10-12,22H,6-7,9,13-18H2,1H3. The normalized spacial score (nSPS) is 21.5. The maximum atomic E-state index is 4.88. The van der Waals surface area contributed by atoms with E-state index in [0.717, 1.165) is 31.7 Å². The summed E-state index contributed by atoms with van der Waals surface area (Å²) < 4.78 is 2.26. The van der Waals surface area contributed by atoms with E-state index in [-0.39, 0.29) is 0 Å². The van der Waals surface area contributed by atoms with E-state index in [4.69, 9.17) is 4.98 Å². The first-order valence-electron chi connectivity index (χ1n) is 10.7. The summed E-state index contributed by atoms with van der Waals surface area (Å²) in [6, 6.07) is 18.2. The number of hydrogen-bond donors (Lipinski definition) is 0. The van der Waals surface area contributed by atoms with Crippen LogP contribution < -0.4 is 0 Å². The van der Waals surface area contributed by atoms with Crippen molar-refractivity contribution in [1.29, 1.82) is 0 Å². The van der Waals surface area contributed by atoms with Gasteiger partial charge >= 0.3 is 0 Å². The SMILES string of the molecule is Cn1c(CN2CCCN(C3CCCc4ccccc43)CC2)nc2ccccc21. The number of aromatic nitrogens is 2. The third kappa shape index (κ3) is 3.36. The van der Waals surface area contributed by atoms with Crippen molar-refractivity contribution >= 4 is 11.0 Å². The molecule has 0 spiro atoms. The molecule has 0 radical (unpaired) electrons. The van der Waals surface area contributed by atoms with E-state index in [2.05, 4.69) is 69.9 Å². The highest BCUT2D eigenvalue weighted by Gasteiger charge is 2.27. The molecule has 0 bridgehead atoms. The van der Waals surface area contributed by atoms with Gasteiger partial charge in [0.1, 0.15) is 5.82 Å². The van der Waals surface area contributed by atoms with Gasteiger partial charge in [0.05, 0.1) is 17.6 Å². The average Bonchev–Trinajstić information content (AvgIpc) is 2.90. The minimum atomic E-state index is 0.612. The molecule has 0 N–H and O–H groups in total. The lowest BCUT2D eigenvalue weighted by molar-refractivity contribution is 0.179. The Labute approximate surface area is 167 Å². The maximum absolute atomic E-state index is 4.88. The Morgan fingerprint density at radius 3 is 2.71 bits per heavy atom. The van der Waals surface area contributed by atoms with Crippen molar-refractivity contribution in [2.45, 2.75) is 38.3 Å². The van der Waals surface area contributed by atoms with Crippen LogP contribution in [0, 0.1) is 0 Å². The van der Waals surface area contributed by atoms with Crippen LogP contribution in [-0.2, 0) is 20.0 Å². The van der Waals surface area contributed by atoms with Gasteiger partial charge in [-0.25, -0.2) is 4.98 Å². The minimum absolute atomic E-state index is 0.612. The molecule has 1 unspecified atom stereocenters. The van der Waals surface area contributed by atoms with E-state index in [0.29, 0.717) is 6.04 Å². The molecule has 4 nitrogen and oxygen atoms in total. The van der Waals surface area contributed by atoms with Crippen LogP contribution >= 0.6 is 0 Å². The zero-order valence-electron chi connectivity index (χ0n) is 16.8. The third-order valence-corrected chi connectivity index (χ3v) is 6.65. The topological polar surface area (TPSA) is 24.3 Å². The Morgan fingerprint density at radius 2 is 1.79 bits per heavy atom. The Morgan fingerprint density at radius 1 is 0.929 bits per heavy atom. The first kappa shape index (κ1) is 17.9. The number of benzene rings is 2. The number of hydrogen-bond acceptors (Lipinski definition) is 3. The summed E-state index contributed by atoms with van der Waals surface area (Å²) in [5, 5.41) is 0. The van der Waals surface area contributed by atoms with Crippen LogP contribution in [0.1, 0.15) is 42.3 Å². The fourth-order valence-electron chi connectivity index (χ4n) is 5.11. The minimum Gasteiger partial charge on any atom is -0.330 e. The molecule has 3 aromatic rings. The van der Waals surface area contributed by atoms with E-state index in [1.165, 1.54) is 43.6 Å². The van der Waals surface area contributed by atoms with E-state index >= 15 is 0 Å². The van der Waals surface area contributed by atoms with Crippen molar-refractivity contribution in [3.63, 3.8) is 0 Å². The van der Waals surface area contributed by atoms with Crippen LogP contribution in [0.15, 0.2) is 48.5 Å². The zero-order valence-corrected chi connectivity index (χ0v) is 16.8. The van der Waals surface area contributed by atoms with Crippen molar-refractivity contribution in [3.8, 4) is 0 Å². The lowest BCUT2D eigenvalue weighted by Gasteiger charge is -2.35. The lowest BCUT2D eigenvalue weighted by Crippen LogP contribution is -2.35. The molecule has 5 rings (SSSR count). The maximum Gasteiger partial charge on any atom is 0.123 e. The van der Waals surface area contributed by atoms with Crippen LogP contribution in [0.25, 0.3) is 11.0 Å². The van der Waals surface area contributed by atoms with Gasteiger partial charge in [0, 0.05) is 32.7 Å². The van der Waals surface area contributed by atoms with Crippen molar-refractivity contribution in [2.24, 2.45) is 7.05 Å². The Bertz CT molecular complexity index is 960. The molecule has 1 aromatic heterocycles. The van der Waals surface area contributed by atoms with Gasteiger partial charge in [0.2, 0.25) is 0 Å². The molecule has 4 heteroatoms. The second-order valence-corrected chi connectivity index (χ2v) is 8.35. The molecule has 2 aliphatic rings. The highest BCUT2D eigenvalue weighted by atomic mass is 15.2. The molecule has 0 amide bonds. The highest BCUT2D eigenvalue weighted by molar-refractivity contribution is 5.75. The van der Waals surface area contributed by atoms with Gasteiger partial charge in [0.15, 0.2) is 0 Å². The number of fused-ring (bicyclic) bond motifs is 2. The summed E-state index contributed by atoms with van der Waals surface area (Å²) in [4.78, 5) is 10.2. The number of aryl methyl sites for hydroxylation is 2. The molecular weight excluding hydrogens is 344 g/mol. The van der Waals surface area contributed by atoms with Gasteiger partial charge in [-0.3, -0.25) is 9.80 Å². The summed E-state index contributed by atoms with van der Waals surface area (Å²) in [6.45, 7) is 5.59. The van der Waals surface area contributed by atoms with Crippen LogP contribution in [0.3, 0.4) is 0 Å². The summed E-state index contributed by atoms with van der Waals surface area (Å²) in [7, 11) is 2.15. The van der Waals surface area contributed by atoms with Crippen LogP contribution in [0.5, 0.6) is 0 Å². The zero-order chi connectivity index (χ0) is 18.9. The second-order valence-electron chi connectivity index (χ2n) is 8.35. The van der Waals surface area contributed by atoms with Gasteiger partial charge in [-0.15, -0.1) is 0 Å². The van der Waals surface area contributed by atoms with Crippen molar-refractivity contribution in [1.82, 2.24) is 19.4 Å². The monoisotopic (exact) mass is 374 g/mol. The summed E-state index contributed by atoms with van der Waals surface area (Å²) in [5.41, 5.74) is 5.49. The number of rotatable bonds is 3. The molecule has 28 heavy (non-hydrogen) atoms. The first-order valence-corrected chi connectivity index (χ1v) is 10.7. The third-order valence-electron chi connectivity index (χ3n) is 6.65. The molecule has 1 aliphatic carbocycles. The number of para-hydroxylation sites is 2. The molecule has 1 atom stereocenters. The van der Waals surface area contributed by atoms with Crippen molar-refractivity contribution in [3.05, 3.63) is 65.5 Å². The van der Waals surface area contributed by atoms with Crippen LogP contribution in [0.4, 0.5) is 0 Å². The summed E-state index contributed by atoms with van der Waals surface area (Å²) in [6.07, 6.45) is 5.12. The van der Waals surface area contributed by atoms with Gasteiger partial charge in [-0.1, -0.05) is 36.4 Å². The molecule has 2 aromatic carbocycles. The van der Waals surface area contributed by atoms with E-state index in [1.807, 2.05) is 0 Å². The van der Waals surface area contributed by atoms with E-state index in [1.54, 1.807) is 11.1 Å². The van der Waals surface area contributed by atoms with Crippen molar-refractivity contribution in [2.75, 3.05) is 26.2 Å². The molecule has 2 heterocycles. The van der Waals surface area contributed by atoms with Crippen LogP contribution in [0.2, 0.25) is 0 Å². The second kappa shape index (κ2) is 7.69. The lowest BCUT2D eigenvalue weighted by atomic mass is 9.87. The van der Waals surface area contributed by atoms with Crippen LogP contribution in [-0.4, -0.2) is 45.5 Å². The molecule has 146 valence electrons. The van der Waals surface area contributed by atoms with Gasteiger partial charge in [-0.2, -0.15) is 0 Å². The Balaban J connectivity index is 1.29. The molecule has 0 saturated carbocycles. The molecule has 1 saturated heterocycles. The van der Waals surface area contributed by atoms with Crippen molar-refractivity contribution < 1.29 is 0 Å². The van der Waals surface area contributed by atoms with E-state index < -0.39 is 0 Å². The predicted molar refractivity (Wildman–Crippen MR) is 114 cm³/mol. The molecule has 1 aliphatic heterocycles. The first-order chi connectivity index (χ1) is 13.8. The summed E-state index contributed by atoms with van der Waals surface area (Å²) >= 11 is 0. The molecular formula is C24H30N4. The Hall–Kier alpha value is -2.17. The van der Waals surface area contributed by atoms with Gasteiger partial charge in [-0.05, 0) is 55.5 Å². The molecule has 1 fully saturated rings. The smallest absolute Gasteiger partial charge is 0.123 e. The quantitative estimate of drug-likeness (QED) is 0.688. The fraction of sp³-hybridized carbons (Fsp3) is 0.458.